The summed E-state index contributed by atoms with van der Waals surface area (Å²) in [5, 5.41) is 12.1. The van der Waals surface area contributed by atoms with Gasteiger partial charge in [-0.1, -0.05) is 26.0 Å². The standard InChI is InChI=1S/C16H19NO/c1-15(2)8-4-9-16(15,18)13-6-7-14-12(11-13)5-3-10-17-14/h3,5-7,10-11,18H,4,8-9H2,1-2H3. The van der Waals surface area contributed by atoms with Crippen LogP contribution in [0.2, 0.25) is 0 Å². The van der Waals surface area contributed by atoms with Crippen molar-refractivity contribution in [1.82, 2.24) is 4.98 Å². The summed E-state index contributed by atoms with van der Waals surface area (Å²) < 4.78 is 0. The molecule has 0 amide bonds. The minimum absolute atomic E-state index is 0.0527. The molecule has 0 saturated heterocycles. The second-order valence-electron chi connectivity index (χ2n) is 6.01. The third-order valence-corrected chi connectivity index (χ3v) is 4.54. The number of hydrogen-bond donors (Lipinski definition) is 1. The van der Waals surface area contributed by atoms with Crippen LogP contribution in [0.1, 0.15) is 38.7 Å². The van der Waals surface area contributed by atoms with Gasteiger partial charge >= 0.3 is 0 Å². The molecule has 0 aliphatic heterocycles. The van der Waals surface area contributed by atoms with Crippen LogP contribution in [-0.2, 0) is 5.60 Å². The lowest BCUT2D eigenvalue weighted by molar-refractivity contribution is -0.0484. The van der Waals surface area contributed by atoms with E-state index in [1.165, 1.54) is 0 Å². The van der Waals surface area contributed by atoms with Crippen molar-refractivity contribution >= 4 is 10.9 Å². The summed E-state index contributed by atoms with van der Waals surface area (Å²) in [6.07, 6.45) is 4.82. The molecule has 1 aliphatic carbocycles. The van der Waals surface area contributed by atoms with Crippen LogP contribution in [0.25, 0.3) is 10.9 Å². The lowest BCUT2D eigenvalue weighted by atomic mass is 9.73. The Morgan fingerprint density at radius 1 is 1.17 bits per heavy atom. The first-order valence-corrected chi connectivity index (χ1v) is 6.61. The van der Waals surface area contributed by atoms with Gasteiger partial charge in [-0.2, -0.15) is 0 Å². The summed E-state index contributed by atoms with van der Waals surface area (Å²) in [6, 6.07) is 10.1. The average Bonchev–Trinajstić information content (AvgIpc) is 2.64. The molecule has 18 heavy (non-hydrogen) atoms. The zero-order valence-corrected chi connectivity index (χ0v) is 11.0. The highest BCUT2D eigenvalue weighted by Crippen LogP contribution is 2.52. The van der Waals surface area contributed by atoms with Crippen LogP contribution in [0.5, 0.6) is 0 Å². The Hall–Kier alpha value is -1.41. The highest BCUT2D eigenvalue weighted by atomic mass is 16.3. The van der Waals surface area contributed by atoms with Gasteiger partial charge in [-0.25, -0.2) is 0 Å². The maximum Gasteiger partial charge on any atom is 0.0947 e. The largest absolute Gasteiger partial charge is 0.385 e. The van der Waals surface area contributed by atoms with Crippen molar-refractivity contribution in [3.8, 4) is 0 Å². The molecule has 0 spiro atoms. The number of nitrogens with zero attached hydrogens (tertiary/aromatic N) is 1. The first-order chi connectivity index (χ1) is 8.53. The van der Waals surface area contributed by atoms with E-state index in [9.17, 15) is 5.11 Å². The Morgan fingerprint density at radius 3 is 2.72 bits per heavy atom. The monoisotopic (exact) mass is 241 g/mol. The number of hydrogen-bond acceptors (Lipinski definition) is 2. The molecule has 1 atom stereocenters. The van der Waals surface area contributed by atoms with Crippen molar-refractivity contribution in [2.45, 2.75) is 38.7 Å². The average molecular weight is 241 g/mol. The highest BCUT2D eigenvalue weighted by Gasteiger charge is 2.48. The molecule has 2 aromatic rings. The van der Waals surface area contributed by atoms with Gasteiger partial charge in [-0.05, 0) is 48.4 Å². The van der Waals surface area contributed by atoms with E-state index in [2.05, 4.69) is 31.0 Å². The Morgan fingerprint density at radius 2 is 2.00 bits per heavy atom. The maximum absolute atomic E-state index is 11.0. The highest BCUT2D eigenvalue weighted by molar-refractivity contribution is 5.79. The van der Waals surface area contributed by atoms with Gasteiger partial charge in [-0.15, -0.1) is 0 Å². The lowest BCUT2D eigenvalue weighted by Gasteiger charge is -2.37. The van der Waals surface area contributed by atoms with Crippen LogP contribution in [-0.4, -0.2) is 10.1 Å². The van der Waals surface area contributed by atoms with Gasteiger partial charge in [-0.3, -0.25) is 4.98 Å². The van der Waals surface area contributed by atoms with Gasteiger partial charge < -0.3 is 5.11 Å². The first-order valence-electron chi connectivity index (χ1n) is 6.61. The number of benzene rings is 1. The second kappa shape index (κ2) is 3.79. The lowest BCUT2D eigenvalue weighted by Crippen LogP contribution is -2.36. The van der Waals surface area contributed by atoms with Crippen molar-refractivity contribution in [3.05, 3.63) is 42.1 Å². The minimum atomic E-state index is -0.697. The quantitative estimate of drug-likeness (QED) is 0.827. The summed E-state index contributed by atoms with van der Waals surface area (Å²) in [7, 11) is 0. The number of pyridine rings is 1. The van der Waals surface area contributed by atoms with Crippen molar-refractivity contribution < 1.29 is 5.11 Å². The molecule has 0 radical (unpaired) electrons. The van der Waals surface area contributed by atoms with Gasteiger partial charge in [0.05, 0.1) is 11.1 Å². The maximum atomic E-state index is 11.0. The summed E-state index contributed by atoms with van der Waals surface area (Å²) >= 11 is 0. The Kier molecular flexibility index (Phi) is 2.46. The van der Waals surface area contributed by atoms with Gasteiger partial charge in [0.1, 0.15) is 0 Å². The number of fused-ring (bicyclic) bond motifs is 1. The Bertz CT molecular complexity index is 590. The second-order valence-corrected chi connectivity index (χ2v) is 6.01. The molecule has 0 bridgehead atoms. The molecule has 2 heteroatoms. The number of rotatable bonds is 1. The molecular formula is C16H19NO. The number of aromatic nitrogens is 1. The van der Waals surface area contributed by atoms with Gasteiger partial charge in [0.2, 0.25) is 0 Å². The summed E-state index contributed by atoms with van der Waals surface area (Å²) in [5.74, 6) is 0. The summed E-state index contributed by atoms with van der Waals surface area (Å²) in [6.45, 7) is 4.32. The summed E-state index contributed by atoms with van der Waals surface area (Å²) in [5.41, 5.74) is 1.27. The van der Waals surface area contributed by atoms with Crippen LogP contribution >= 0.6 is 0 Å². The molecular weight excluding hydrogens is 222 g/mol. The molecule has 2 nitrogen and oxygen atoms in total. The van der Waals surface area contributed by atoms with E-state index in [-0.39, 0.29) is 5.41 Å². The predicted octanol–water partition coefficient (Wildman–Crippen LogP) is 3.63. The van der Waals surface area contributed by atoms with Gasteiger partial charge in [0.25, 0.3) is 0 Å². The van der Waals surface area contributed by atoms with E-state index in [1.54, 1.807) is 6.20 Å². The summed E-state index contributed by atoms with van der Waals surface area (Å²) in [4.78, 5) is 4.33. The third-order valence-electron chi connectivity index (χ3n) is 4.54. The topological polar surface area (TPSA) is 33.1 Å². The van der Waals surface area contributed by atoms with E-state index in [0.29, 0.717) is 0 Å². The smallest absolute Gasteiger partial charge is 0.0947 e. The van der Waals surface area contributed by atoms with E-state index in [1.807, 2.05) is 18.2 Å². The van der Waals surface area contributed by atoms with Gasteiger partial charge in [0.15, 0.2) is 0 Å². The van der Waals surface area contributed by atoms with Crippen LogP contribution in [0.4, 0.5) is 0 Å². The molecule has 1 saturated carbocycles. The Balaban J connectivity index is 2.14. The van der Waals surface area contributed by atoms with Crippen LogP contribution in [0, 0.1) is 5.41 Å². The molecule has 1 aliphatic rings. The van der Waals surface area contributed by atoms with Crippen molar-refractivity contribution in [3.63, 3.8) is 0 Å². The van der Waals surface area contributed by atoms with Crippen molar-refractivity contribution in [2.24, 2.45) is 5.41 Å². The fourth-order valence-corrected chi connectivity index (χ4v) is 3.20. The molecule has 1 unspecified atom stereocenters. The molecule has 94 valence electrons. The number of aliphatic hydroxyl groups is 1. The van der Waals surface area contributed by atoms with Crippen LogP contribution < -0.4 is 0 Å². The normalized spacial score (nSPS) is 26.6. The van der Waals surface area contributed by atoms with E-state index in [4.69, 9.17) is 0 Å². The minimum Gasteiger partial charge on any atom is -0.385 e. The van der Waals surface area contributed by atoms with E-state index < -0.39 is 5.60 Å². The molecule has 1 N–H and O–H groups in total. The zero-order valence-electron chi connectivity index (χ0n) is 11.0. The fraction of sp³-hybridized carbons (Fsp3) is 0.438. The molecule has 1 aromatic carbocycles. The molecule has 1 heterocycles. The third kappa shape index (κ3) is 1.56. The first kappa shape index (κ1) is 11.7. The van der Waals surface area contributed by atoms with Crippen molar-refractivity contribution in [1.29, 1.82) is 0 Å². The van der Waals surface area contributed by atoms with E-state index >= 15 is 0 Å². The van der Waals surface area contributed by atoms with Crippen LogP contribution in [0.3, 0.4) is 0 Å². The predicted molar refractivity (Wildman–Crippen MR) is 73.3 cm³/mol. The molecule has 1 fully saturated rings. The Labute approximate surface area is 108 Å². The zero-order chi connectivity index (χ0) is 12.8. The van der Waals surface area contributed by atoms with Gasteiger partial charge in [0, 0.05) is 11.6 Å². The fourth-order valence-electron chi connectivity index (χ4n) is 3.20. The van der Waals surface area contributed by atoms with E-state index in [0.717, 1.165) is 35.7 Å². The molecule has 1 aromatic heterocycles. The molecule has 3 rings (SSSR count). The van der Waals surface area contributed by atoms with Crippen molar-refractivity contribution in [2.75, 3.05) is 0 Å². The van der Waals surface area contributed by atoms with Crippen LogP contribution in [0.15, 0.2) is 36.5 Å². The SMILES string of the molecule is CC1(C)CCCC1(O)c1ccc2ncccc2c1.